The summed E-state index contributed by atoms with van der Waals surface area (Å²) in [5.41, 5.74) is 0. The van der Waals surface area contributed by atoms with Gasteiger partial charge in [-0.05, 0) is 13.3 Å². The van der Waals surface area contributed by atoms with Crippen molar-refractivity contribution in [3.8, 4) is 0 Å². The Labute approximate surface area is 91.0 Å². The summed E-state index contributed by atoms with van der Waals surface area (Å²) in [6, 6.07) is -0.631. The molecule has 0 aliphatic rings. The Hall–Kier alpha value is -1.27. The van der Waals surface area contributed by atoms with Gasteiger partial charge in [-0.1, -0.05) is 6.92 Å². The number of halogens is 3. The number of carbonyl (C=O) groups excluding carboxylic acids is 1. The lowest BCUT2D eigenvalue weighted by atomic mass is 10.2. The maximum atomic E-state index is 12.2. The summed E-state index contributed by atoms with van der Waals surface area (Å²) in [4.78, 5) is 21.8. The Morgan fingerprint density at radius 3 is 2.19 bits per heavy atom. The van der Waals surface area contributed by atoms with Crippen molar-refractivity contribution >= 4 is 11.9 Å². The van der Waals surface area contributed by atoms with E-state index in [1.54, 1.807) is 6.92 Å². The van der Waals surface area contributed by atoms with Crippen LogP contribution in [-0.4, -0.2) is 40.6 Å². The molecule has 1 N–H and O–H groups in total. The molecule has 0 fully saturated rings. The number of nitrogens with zero attached hydrogens (tertiary/aromatic N) is 1. The summed E-state index contributed by atoms with van der Waals surface area (Å²) in [5.74, 6) is -3.22. The third-order valence-corrected chi connectivity index (χ3v) is 2.19. The normalized spacial score (nSPS) is 13.3. The van der Waals surface area contributed by atoms with E-state index < -0.39 is 37.1 Å². The third-order valence-electron chi connectivity index (χ3n) is 2.19. The second-order valence-corrected chi connectivity index (χ2v) is 3.40. The second-order valence-electron chi connectivity index (χ2n) is 3.40. The molecule has 0 radical (unpaired) electrons. The number of hydrogen-bond acceptors (Lipinski definition) is 2. The van der Waals surface area contributed by atoms with Crippen LogP contribution in [0.15, 0.2) is 0 Å². The maximum Gasteiger partial charge on any atom is 0.471 e. The molecule has 0 bridgehead atoms. The van der Waals surface area contributed by atoms with Gasteiger partial charge in [-0.15, -0.1) is 0 Å². The van der Waals surface area contributed by atoms with Gasteiger partial charge in [0, 0.05) is 12.6 Å². The highest BCUT2D eigenvalue weighted by molar-refractivity contribution is 5.82. The molecular weight excluding hydrogens is 227 g/mol. The number of rotatable bonds is 5. The van der Waals surface area contributed by atoms with E-state index in [2.05, 4.69) is 0 Å². The molecule has 7 heteroatoms. The number of carboxylic acid groups (broad SMARTS) is 1. The van der Waals surface area contributed by atoms with E-state index in [4.69, 9.17) is 5.11 Å². The number of hydrogen-bond donors (Lipinski definition) is 1. The average molecular weight is 241 g/mol. The number of amides is 1. The average Bonchev–Trinajstić information content (AvgIpc) is 2.15. The molecule has 0 aromatic carbocycles. The molecule has 0 aromatic rings. The summed E-state index contributed by atoms with van der Waals surface area (Å²) in [7, 11) is 0. The van der Waals surface area contributed by atoms with E-state index in [9.17, 15) is 22.8 Å². The zero-order valence-electron chi connectivity index (χ0n) is 9.04. The van der Waals surface area contributed by atoms with Gasteiger partial charge in [0.1, 0.15) is 0 Å². The summed E-state index contributed by atoms with van der Waals surface area (Å²) in [6.07, 6.45) is -5.12. The minimum Gasteiger partial charge on any atom is -0.481 e. The van der Waals surface area contributed by atoms with Crippen LogP contribution in [0, 0.1) is 0 Å². The number of alkyl halides is 3. The molecule has 0 aromatic heterocycles. The van der Waals surface area contributed by atoms with Crippen LogP contribution in [0.1, 0.15) is 26.7 Å². The number of aliphatic carboxylic acids is 1. The Bertz CT molecular complexity index is 265. The Morgan fingerprint density at radius 2 is 1.88 bits per heavy atom. The first-order valence-electron chi connectivity index (χ1n) is 4.79. The van der Waals surface area contributed by atoms with Gasteiger partial charge >= 0.3 is 18.1 Å². The van der Waals surface area contributed by atoms with Crippen LogP contribution in [0.25, 0.3) is 0 Å². The van der Waals surface area contributed by atoms with Crippen LogP contribution in [0.5, 0.6) is 0 Å². The predicted molar refractivity (Wildman–Crippen MR) is 49.8 cm³/mol. The fourth-order valence-corrected chi connectivity index (χ4v) is 1.12. The zero-order valence-corrected chi connectivity index (χ0v) is 9.04. The van der Waals surface area contributed by atoms with E-state index in [1.807, 2.05) is 0 Å². The van der Waals surface area contributed by atoms with Gasteiger partial charge in [0.15, 0.2) is 0 Å². The Balaban J connectivity index is 4.67. The smallest absolute Gasteiger partial charge is 0.471 e. The molecule has 94 valence electrons. The second kappa shape index (κ2) is 5.72. The molecule has 0 heterocycles. The van der Waals surface area contributed by atoms with Crippen LogP contribution in [0.2, 0.25) is 0 Å². The third kappa shape index (κ3) is 4.50. The molecule has 0 saturated heterocycles. The molecule has 0 aliphatic heterocycles. The van der Waals surface area contributed by atoms with Crippen LogP contribution in [0.4, 0.5) is 13.2 Å². The highest BCUT2D eigenvalue weighted by Crippen LogP contribution is 2.21. The Kier molecular flexibility index (Phi) is 5.26. The lowest BCUT2D eigenvalue weighted by molar-refractivity contribution is -0.187. The highest BCUT2D eigenvalue weighted by atomic mass is 19.4. The molecule has 0 rings (SSSR count). The SMILES string of the molecule is CCC(C)N(CCC(=O)O)C(=O)C(F)(F)F. The first-order chi connectivity index (χ1) is 7.20. The molecule has 0 spiro atoms. The van der Waals surface area contributed by atoms with Crippen molar-refractivity contribution in [2.45, 2.75) is 38.9 Å². The van der Waals surface area contributed by atoms with Crippen molar-refractivity contribution in [3.05, 3.63) is 0 Å². The minimum atomic E-state index is -4.96. The fourth-order valence-electron chi connectivity index (χ4n) is 1.12. The van der Waals surface area contributed by atoms with Gasteiger partial charge < -0.3 is 10.0 Å². The molecule has 1 amide bonds. The van der Waals surface area contributed by atoms with Gasteiger partial charge in [-0.2, -0.15) is 13.2 Å². The Morgan fingerprint density at radius 1 is 1.38 bits per heavy atom. The number of carboxylic acids is 1. The first kappa shape index (κ1) is 14.7. The van der Waals surface area contributed by atoms with Gasteiger partial charge in [-0.25, -0.2) is 0 Å². The lowest BCUT2D eigenvalue weighted by Gasteiger charge is -2.28. The maximum absolute atomic E-state index is 12.2. The van der Waals surface area contributed by atoms with Gasteiger partial charge in [-0.3, -0.25) is 9.59 Å². The van der Waals surface area contributed by atoms with E-state index >= 15 is 0 Å². The van der Waals surface area contributed by atoms with Crippen molar-refractivity contribution in [2.24, 2.45) is 0 Å². The van der Waals surface area contributed by atoms with E-state index in [0.29, 0.717) is 11.3 Å². The van der Waals surface area contributed by atoms with Crippen LogP contribution in [-0.2, 0) is 9.59 Å². The molecule has 0 saturated carbocycles. The molecule has 16 heavy (non-hydrogen) atoms. The van der Waals surface area contributed by atoms with E-state index in [0.717, 1.165) is 0 Å². The van der Waals surface area contributed by atoms with Crippen molar-refractivity contribution in [3.63, 3.8) is 0 Å². The summed E-state index contributed by atoms with van der Waals surface area (Å²) < 4.78 is 36.5. The van der Waals surface area contributed by atoms with Gasteiger partial charge in [0.05, 0.1) is 6.42 Å². The van der Waals surface area contributed by atoms with Crippen LogP contribution in [0.3, 0.4) is 0 Å². The van der Waals surface area contributed by atoms with E-state index in [-0.39, 0.29) is 0 Å². The molecule has 1 atom stereocenters. The highest BCUT2D eigenvalue weighted by Gasteiger charge is 2.43. The largest absolute Gasteiger partial charge is 0.481 e. The topological polar surface area (TPSA) is 57.6 Å². The first-order valence-corrected chi connectivity index (χ1v) is 4.79. The lowest BCUT2D eigenvalue weighted by Crippen LogP contribution is -2.46. The van der Waals surface area contributed by atoms with Crippen molar-refractivity contribution in [1.29, 1.82) is 0 Å². The minimum absolute atomic E-state index is 0.335. The zero-order chi connectivity index (χ0) is 12.9. The van der Waals surface area contributed by atoms with Crippen molar-refractivity contribution < 1.29 is 27.9 Å². The number of carbonyl (C=O) groups is 2. The summed E-state index contributed by atoms with van der Waals surface area (Å²) in [6.45, 7) is 2.65. The van der Waals surface area contributed by atoms with Crippen LogP contribution < -0.4 is 0 Å². The quantitative estimate of drug-likeness (QED) is 0.796. The molecular formula is C9H14F3NO3. The molecule has 4 nitrogen and oxygen atoms in total. The summed E-state index contributed by atoms with van der Waals surface area (Å²) in [5, 5.41) is 8.38. The standard InChI is InChI=1S/C9H14F3NO3/c1-3-6(2)13(5-4-7(14)15)8(16)9(10,11)12/h6H,3-5H2,1-2H3,(H,14,15). The van der Waals surface area contributed by atoms with Gasteiger partial charge in [0.2, 0.25) is 0 Å². The van der Waals surface area contributed by atoms with E-state index in [1.165, 1.54) is 6.92 Å². The summed E-state index contributed by atoms with van der Waals surface area (Å²) >= 11 is 0. The molecule has 0 aliphatic carbocycles. The van der Waals surface area contributed by atoms with Crippen molar-refractivity contribution in [1.82, 2.24) is 4.90 Å². The predicted octanol–water partition coefficient (Wildman–Crippen LogP) is 1.65. The van der Waals surface area contributed by atoms with Gasteiger partial charge in [0.25, 0.3) is 0 Å². The fraction of sp³-hybridized carbons (Fsp3) is 0.778. The van der Waals surface area contributed by atoms with Crippen molar-refractivity contribution in [2.75, 3.05) is 6.54 Å². The monoisotopic (exact) mass is 241 g/mol. The molecule has 1 unspecified atom stereocenters. The van der Waals surface area contributed by atoms with Crippen LogP contribution >= 0.6 is 0 Å².